The van der Waals surface area contributed by atoms with E-state index in [1.54, 1.807) is 0 Å². The lowest BCUT2D eigenvalue weighted by atomic mass is 9.98. The molecular weight excluding hydrogens is 272 g/mol. The van der Waals surface area contributed by atoms with Gasteiger partial charge in [0, 0.05) is 4.47 Å². The molecule has 0 nitrogen and oxygen atoms in total. The van der Waals surface area contributed by atoms with E-state index >= 15 is 0 Å². The maximum absolute atomic E-state index is 3.59. The van der Waals surface area contributed by atoms with E-state index in [1.165, 1.54) is 37.1 Å². The molecule has 3 aromatic carbocycles. The zero-order valence-electron chi connectivity index (χ0n) is 9.92. The fraction of sp³-hybridized carbons (Fsp3) is 0.125. The van der Waals surface area contributed by atoms with Crippen molar-refractivity contribution in [1.82, 2.24) is 0 Å². The number of fused-ring (bicyclic) bond motifs is 2. The number of aryl methyl sites for hydroxylation is 2. The zero-order valence-corrected chi connectivity index (χ0v) is 11.5. The predicted molar refractivity (Wildman–Crippen MR) is 78.6 cm³/mol. The van der Waals surface area contributed by atoms with Crippen molar-refractivity contribution in [3.8, 4) is 0 Å². The Bertz CT molecular complexity index is 726. The number of rotatable bonds is 0. The smallest absolute Gasteiger partial charge is 0.0210 e. The Hall–Kier alpha value is -1.34. The van der Waals surface area contributed by atoms with Crippen molar-refractivity contribution in [2.24, 2.45) is 0 Å². The first kappa shape index (κ1) is 10.8. The highest BCUT2D eigenvalue weighted by Gasteiger charge is 2.04. The van der Waals surface area contributed by atoms with Gasteiger partial charge in [0.15, 0.2) is 0 Å². The molecule has 17 heavy (non-hydrogen) atoms. The van der Waals surface area contributed by atoms with Crippen LogP contribution in [0, 0.1) is 13.8 Å². The summed E-state index contributed by atoms with van der Waals surface area (Å²) < 4.78 is 1.18. The molecule has 1 heteroatoms. The summed E-state index contributed by atoms with van der Waals surface area (Å²) in [6.07, 6.45) is 0. The van der Waals surface area contributed by atoms with E-state index in [2.05, 4.69) is 72.2 Å². The number of halogens is 1. The monoisotopic (exact) mass is 284 g/mol. The molecule has 0 amide bonds. The Morgan fingerprint density at radius 1 is 0.824 bits per heavy atom. The number of hydrogen-bond acceptors (Lipinski definition) is 0. The summed E-state index contributed by atoms with van der Waals surface area (Å²) in [7, 11) is 0. The van der Waals surface area contributed by atoms with Crippen molar-refractivity contribution >= 4 is 37.5 Å². The highest BCUT2D eigenvalue weighted by molar-refractivity contribution is 9.10. The van der Waals surface area contributed by atoms with Gasteiger partial charge in [-0.05, 0) is 64.7 Å². The Balaban J connectivity index is 2.52. The van der Waals surface area contributed by atoms with Gasteiger partial charge in [-0.15, -0.1) is 0 Å². The van der Waals surface area contributed by atoms with Gasteiger partial charge in [0.05, 0.1) is 0 Å². The van der Waals surface area contributed by atoms with E-state index < -0.39 is 0 Å². The van der Waals surface area contributed by atoms with Crippen molar-refractivity contribution in [3.05, 3.63) is 58.1 Å². The Kier molecular flexibility index (Phi) is 2.44. The second-order valence-corrected chi connectivity index (χ2v) is 5.40. The summed E-state index contributed by atoms with van der Waals surface area (Å²) in [5.41, 5.74) is 2.65. The third kappa shape index (κ3) is 1.66. The number of benzene rings is 3. The fourth-order valence-electron chi connectivity index (χ4n) is 2.38. The van der Waals surface area contributed by atoms with Gasteiger partial charge in [-0.25, -0.2) is 0 Å². The maximum atomic E-state index is 3.59. The summed E-state index contributed by atoms with van der Waals surface area (Å²) in [6, 6.07) is 15.4. The van der Waals surface area contributed by atoms with Gasteiger partial charge in [0.2, 0.25) is 0 Å². The molecule has 0 saturated heterocycles. The van der Waals surface area contributed by atoms with E-state index in [4.69, 9.17) is 0 Å². The minimum absolute atomic E-state index is 1.18. The lowest BCUT2D eigenvalue weighted by Crippen LogP contribution is -1.83. The van der Waals surface area contributed by atoms with Crippen LogP contribution in [0.4, 0.5) is 0 Å². The molecule has 0 aliphatic carbocycles. The molecular formula is C16H13Br. The van der Waals surface area contributed by atoms with Crippen LogP contribution in [0.1, 0.15) is 11.1 Å². The molecule has 0 aliphatic heterocycles. The summed E-state index contributed by atoms with van der Waals surface area (Å²) in [4.78, 5) is 0. The number of hydrogen-bond donors (Lipinski definition) is 0. The van der Waals surface area contributed by atoms with E-state index in [1.807, 2.05) is 0 Å². The highest BCUT2D eigenvalue weighted by Crippen LogP contribution is 2.30. The van der Waals surface area contributed by atoms with Gasteiger partial charge in [-0.1, -0.05) is 40.2 Å². The second-order valence-electron chi connectivity index (χ2n) is 4.54. The van der Waals surface area contributed by atoms with Crippen LogP contribution in [-0.4, -0.2) is 0 Å². The molecule has 0 unspecified atom stereocenters. The van der Waals surface area contributed by atoms with Crippen LogP contribution in [0.5, 0.6) is 0 Å². The van der Waals surface area contributed by atoms with Gasteiger partial charge in [0.1, 0.15) is 0 Å². The first-order chi connectivity index (χ1) is 8.16. The molecule has 0 heterocycles. The first-order valence-corrected chi connectivity index (χ1v) is 6.54. The summed E-state index contributed by atoms with van der Waals surface area (Å²) in [6.45, 7) is 4.33. The summed E-state index contributed by atoms with van der Waals surface area (Å²) in [5, 5.41) is 5.31. The molecule has 0 bridgehead atoms. The Morgan fingerprint density at radius 3 is 2.35 bits per heavy atom. The second kappa shape index (κ2) is 3.85. The molecule has 0 fully saturated rings. The van der Waals surface area contributed by atoms with Crippen LogP contribution in [0.3, 0.4) is 0 Å². The Labute approximate surface area is 109 Å². The summed E-state index contributed by atoms with van der Waals surface area (Å²) >= 11 is 3.59. The van der Waals surface area contributed by atoms with Gasteiger partial charge in [-0.2, -0.15) is 0 Å². The average Bonchev–Trinajstić information content (AvgIpc) is 2.33. The Morgan fingerprint density at radius 2 is 1.53 bits per heavy atom. The molecule has 84 valence electrons. The topological polar surface area (TPSA) is 0 Å². The van der Waals surface area contributed by atoms with Crippen LogP contribution >= 0.6 is 15.9 Å². The lowest BCUT2D eigenvalue weighted by Gasteiger charge is -2.08. The predicted octanol–water partition coefficient (Wildman–Crippen LogP) is 5.37. The van der Waals surface area contributed by atoms with Gasteiger partial charge >= 0.3 is 0 Å². The molecule has 3 rings (SSSR count). The minimum Gasteiger partial charge on any atom is -0.0614 e. The average molecular weight is 285 g/mol. The van der Waals surface area contributed by atoms with Crippen LogP contribution < -0.4 is 0 Å². The molecule has 0 saturated carbocycles. The fourth-order valence-corrected chi connectivity index (χ4v) is 2.72. The minimum atomic E-state index is 1.18. The SMILES string of the molecule is Cc1cccc2cc3c(C)c(Br)ccc3cc12. The normalized spacial score (nSPS) is 11.2. The largest absolute Gasteiger partial charge is 0.0614 e. The zero-order chi connectivity index (χ0) is 12.0. The molecule has 0 radical (unpaired) electrons. The molecule has 0 spiro atoms. The molecule has 0 aliphatic rings. The van der Waals surface area contributed by atoms with Gasteiger partial charge < -0.3 is 0 Å². The van der Waals surface area contributed by atoms with Crippen molar-refractivity contribution in [1.29, 1.82) is 0 Å². The molecule has 0 aromatic heterocycles. The third-order valence-electron chi connectivity index (χ3n) is 3.44. The van der Waals surface area contributed by atoms with Crippen molar-refractivity contribution in [2.45, 2.75) is 13.8 Å². The van der Waals surface area contributed by atoms with Crippen LogP contribution in [0.15, 0.2) is 46.9 Å². The lowest BCUT2D eigenvalue weighted by molar-refractivity contribution is 1.49. The highest BCUT2D eigenvalue weighted by atomic mass is 79.9. The van der Waals surface area contributed by atoms with E-state index in [0.717, 1.165) is 0 Å². The third-order valence-corrected chi connectivity index (χ3v) is 4.30. The van der Waals surface area contributed by atoms with E-state index in [9.17, 15) is 0 Å². The van der Waals surface area contributed by atoms with E-state index in [0.29, 0.717) is 0 Å². The quantitative estimate of drug-likeness (QED) is 0.487. The van der Waals surface area contributed by atoms with Crippen molar-refractivity contribution in [2.75, 3.05) is 0 Å². The first-order valence-electron chi connectivity index (χ1n) is 5.75. The summed E-state index contributed by atoms with van der Waals surface area (Å²) in [5.74, 6) is 0. The van der Waals surface area contributed by atoms with Crippen LogP contribution in [-0.2, 0) is 0 Å². The molecule has 3 aromatic rings. The van der Waals surface area contributed by atoms with Crippen molar-refractivity contribution in [3.63, 3.8) is 0 Å². The van der Waals surface area contributed by atoms with Crippen LogP contribution in [0.2, 0.25) is 0 Å². The van der Waals surface area contributed by atoms with Gasteiger partial charge in [0.25, 0.3) is 0 Å². The maximum Gasteiger partial charge on any atom is 0.0210 e. The molecule has 0 N–H and O–H groups in total. The van der Waals surface area contributed by atoms with Crippen molar-refractivity contribution < 1.29 is 0 Å². The molecule has 0 atom stereocenters. The van der Waals surface area contributed by atoms with Gasteiger partial charge in [-0.3, -0.25) is 0 Å². The van der Waals surface area contributed by atoms with E-state index in [-0.39, 0.29) is 0 Å². The van der Waals surface area contributed by atoms with Crippen LogP contribution in [0.25, 0.3) is 21.5 Å². The standard InChI is InChI=1S/C16H13Br/c1-10-4-3-5-12-9-15-11(2)16(17)7-6-13(15)8-14(10)12/h3-9H,1-2H3.